The van der Waals surface area contributed by atoms with Gasteiger partial charge in [0.1, 0.15) is 0 Å². The second-order valence-corrected chi connectivity index (χ2v) is 8.61. The van der Waals surface area contributed by atoms with Crippen molar-refractivity contribution in [3.8, 4) is 11.5 Å². The number of hydrogen-bond acceptors (Lipinski definition) is 4. The summed E-state index contributed by atoms with van der Waals surface area (Å²) in [5, 5.41) is 0. The van der Waals surface area contributed by atoms with E-state index >= 15 is 0 Å². The molecule has 1 saturated heterocycles. The lowest BCUT2D eigenvalue weighted by Gasteiger charge is -2.57. The van der Waals surface area contributed by atoms with Crippen LogP contribution in [-0.2, 0) is 21.4 Å². The molecule has 0 N–H and O–H groups in total. The first-order chi connectivity index (χ1) is 12.6. The number of carbonyl (C=O) groups is 2. The average Bonchev–Trinajstić information content (AvgIpc) is 3.43. The number of carbonyl (C=O) groups excluding carboxylic acids is 2. The Balaban J connectivity index is 1.54. The summed E-state index contributed by atoms with van der Waals surface area (Å²) in [6.07, 6.45) is 4.82. The van der Waals surface area contributed by atoms with Crippen LogP contribution < -0.4 is 9.47 Å². The molecule has 2 aliphatic heterocycles. The van der Waals surface area contributed by atoms with Gasteiger partial charge in [0, 0.05) is 30.5 Å². The zero-order chi connectivity index (χ0) is 17.6. The quantitative estimate of drug-likeness (QED) is 0.818. The SMILES string of the molecule is COc1ccc2c3c1O[C@@H]1C(=O)CC[C@@H]4[C@H](C2)N(C(=O)C2CC2)CCC314. The highest BCUT2D eigenvalue weighted by atomic mass is 16.5. The molecular weight excluding hydrogens is 330 g/mol. The van der Waals surface area contributed by atoms with Gasteiger partial charge in [-0.3, -0.25) is 9.59 Å². The lowest BCUT2D eigenvalue weighted by molar-refractivity contribution is -0.149. The topological polar surface area (TPSA) is 55.8 Å². The van der Waals surface area contributed by atoms with E-state index in [1.165, 1.54) is 11.1 Å². The Hall–Kier alpha value is -2.04. The summed E-state index contributed by atoms with van der Waals surface area (Å²) in [5.74, 6) is 2.65. The average molecular weight is 353 g/mol. The molecule has 3 fully saturated rings. The molecule has 1 amide bonds. The first-order valence-electron chi connectivity index (χ1n) is 9.85. The third kappa shape index (κ3) is 1.63. The van der Waals surface area contributed by atoms with Crippen molar-refractivity contribution in [3.05, 3.63) is 23.3 Å². The lowest BCUT2D eigenvalue weighted by atomic mass is 9.51. The first kappa shape index (κ1) is 15.1. The number of nitrogens with zero attached hydrogens (tertiary/aromatic N) is 1. The Morgan fingerprint density at radius 3 is 2.92 bits per heavy atom. The number of benzene rings is 1. The van der Waals surface area contributed by atoms with Gasteiger partial charge >= 0.3 is 0 Å². The summed E-state index contributed by atoms with van der Waals surface area (Å²) in [7, 11) is 1.66. The molecule has 5 aliphatic rings. The molecule has 0 radical (unpaired) electrons. The van der Waals surface area contributed by atoms with Crippen molar-refractivity contribution < 1.29 is 19.1 Å². The highest BCUT2D eigenvalue weighted by Crippen LogP contribution is 2.63. The molecular formula is C21H23NO4. The summed E-state index contributed by atoms with van der Waals surface area (Å²) < 4.78 is 11.8. The van der Waals surface area contributed by atoms with Crippen molar-refractivity contribution in [1.82, 2.24) is 4.90 Å². The number of piperidine rings is 1. The molecule has 136 valence electrons. The number of Topliss-reactive ketones (excluding diaryl/α,β-unsaturated/α-hetero) is 1. The second kappa shape index (κ2) is 4.81. The standard InChI is InChI=1S/C21H23NO4/c1-25-16-7-4-12-10-14-13-5-6-15(23)19-21(13,17(12)18(16)26-19)8-9-22(14)20(24)11-2-3-11/h4,7,11,13-14,19H,2-3,5-6,8-10H2,1H3/t13-,14+,19-,21?/m1/s1. The molecule has 1 aromatic carbocycles. The Morgan fingerprint density at radius 1 is 1.31 bits per heavy atom. The van der Waals surface area contributed by atoms with E-state index in [-0.39, 0.29) is 23.2 Å². The maximum atomic E-state index is 12.9. The van der Waals surface area contributed by atoms with Crippen molar-refractivity contribution in [3.63, 3.8) is 0 Å². The van der Waals surface area contributed by atoms with Crippen LogP contribution in [0.15, 0.2) is 12.1 Å². The summed E-state index contributed by atoms with van der Waals surface area (Å²) in [6, 6.07) is 4.29. The zero-order valence-electron chi connectivity index (χ0n) is 15.0. The number of likely N-dealkylation sites (tertiary alicyclic amines) is 1. The van der Waals surface area contributed by atoms with E-state index in [2.05, 4.69) is 11.0 Å². The Morgan fingerprint density at radius 2 is 2.15 bits per heavy atom. The summed E-state index contributed by atoms with van der Waals surface area (Å²) in [4.78, 5) is 27.9. The molecule has 5 nitrogen and oxygen atoms in total. The Bertz CT molecular complexity index is 845. The number of hydrogen-bond donors (Lipinski definition) is 0. The van der Waals surface area contributed by atoms with E-state index in [0.717, 1.165) is 50.1 Å². The van der Waals surface area contributed by atoms with Crippen LogP contribution in [-0.4, -0.2) is 42.4 Å². The van der Waals surface area contributed by atoms with Gasteiger partial charge in [-0.25, -0.2) is 0 Å². The maximum Gasteiger partial charge on any atom is 0.225 e. The molecule has 3 aliphatic carbocycles. The summed E-state index contributed by atoms with van der Waals surface area (Å²) in [6.45, 7) is 0.750. The molecule has 1 spiro atoms. The number of ketones is 1. The predicted molar refractivity (Wildman–Crippen MR) is 93.4 cm³/mol. The number of amides is 1. The van der Waals surface area contributed by atoms with E-state index in [9.17, 15) is 9.59 Å². The number of ether oxygens (including phenoxy) is 2. The normalized spacial score (nSPS) is 36.4. The molecule has 1 unspecified atom stereocenters. The Kier molecular flexibility index (Phi) is 2.79. The molecule has 4 atom stereocenters. The van der Waals surface area contributed by atoms with E-state index in [1.807, 2.05) is 6.07 Å². The van der Waals surface area contributed by atoms with Gasteiger partial charge in [0.2, 0.25) is 5.91 Å². The van der Waals surface area contributed by atoms with Crippen LogP contribution >= 0.6 is 0 Å². The first-order valence-corrected chi connectivity index (χ1v) is 9.85. The van der Waals surface area contributed by atoms with E-state index < -0.39 is 6.10 Å². The number of rotatable bonds is 2. The molecule has 2 bridgehead atoms. The minimum absolute atomic E-state index is 0.211. The van der Waals surface area contributed by atoms with Gasteiger partial charge in [-0.2, -0.15) is 0 Å². The van der Waals surface area contributed by atoms with Gasteiger partial charge < -0.3 is 14.4 Å². The highest BCUT2D eigenvalue weighted by molar-refractivity contribution is 5.89. The fraction of sp³-hybridized carbons (Fsp3) is 0.619. The van der Waals surface area contributed by atoms with Crippen molar-refractivity contribution in [2.24, 2.45) is 11.8 Å². The van der Waals surface area contributed by atoms with Crippen molar-refractivity contribution in [1.29, 1.82) is 0 Å². The molecule has 1 aromatic rings. The molecule has 26 heavy (non-hydrogen) atoms. The van der Waals surface area contributed by atoms with Gasteiger partial charge in [-0.05, 0) is 49.7 Å². The van der Waals surface area contributed by atoms with Crippen LogP contribution in [0.3, 0.4) is 0 Å². The smallest absolute Gasteiger partial charge is 0.225 e. The van der Waals surface area contributed by atoms with E-state index in [0.29, 0.717) is 18.2 Å². The van der Waals surface area contributed by atoms with Crippen LogP contribution in [0.1, 0.15) is 43.2 Å². The van der Waals surface area contributed by atoms with E-state index in [4.69, 9.17) is 9.47 Å². The van der Waals surface area contributed by atoms with Gasteiger partial charge in [0.25, 0.3) is 0 Å². The summed E-state index contributed by atoms with van der Waals surface area (Å²) >= 11 is 0. The van der Waals surface area contributed by atoms with Gasteiger partial charge in [-0.1, -0.05) is 6.07 Å². The number of methoxy groups -OCH3 is 1. The predicted octanol–water partition coefficient (Wildman–Crippen LogP) is 2.24. The van der Waals surface area contributed by atoms with Gasteiger partial charge in [0.15, 0.2) is 23.4 Å². The largest absolute Gasteiger partial charge is 0.493 e. The van der Waals surface area contributed by atoms with Crippen LogP contribution in [0.4, 0.5) is 0 Å². The fourth-order valence-corrected chi connectivity index (χ4v) is 6.32. The highest BCUT2D eigenvalue weighted by Gasteiger charge is 2.66. The Labute approximate surface area is 152 Å². The molecule has 6 rings (SSSR count). The van der Waals surface area contributed by atoms with E-state index in [1.54, 1.807) is 7.11 Å². The fourth-order valence-electron chi connectivity index (χ4n) is 6.32. The monoisotopic (exact) mass is 353 g/mol. The van der Waals surface area contributed by atoms with Crippen LogP contribution in [0, 0.1) is 11.8 Å². The third-order valence-electron chi connectivity index (χ3n) is 7.52. The molecule has 5 heteroatoms. The molecule has 2 saturated carbocycles. The lowest BCUT2D eigenvalue weighted by Crippen LogP contribution is -2.67. The van der Waals surface area contributed by atoms with Crippen LogP contribution in [0.5, 0.6) is 11.5 Å². The summed E-state index contributed by atoms with van der Waals surface area (Å²) in [5.41, 5.74) is 2.21. The zero-order valence-corrected chi connectivity index (χ0v) is 15.0. The maximum absolute atomic E-state index is 12.9. The molecule has 0 aromatic heterocycles. The van der Waals surface area contributed by atoms with Crippen LogP contribution in [0.2, 0.25) is 0 Å². The van der Waals surface area contributed by atoms with Crippen molar-refractivity contribution >= 4 is 11.7 Å². The minimum atomic E-state index is -0.396. The second-order valence-electron chi connectivity index (χ2n) is 8.61. The van der Waals surface area contributed by atoms with Crippen LogP contribution in [0.25, 0.3) is 0 Å². The van der Waals surface area contributed by atoms with Crippen molar-refractivity contribution in [2.45, 2.75) is 56.1 Å². The third-order valence-corrected chi connectivity index (χ3v) is 7.52. The van der Waals surface area contributed by atoms with Gasteiger partial charge in [0.05, 0.1) is 12.5 Å². The molecule has 2 heterocycles. The van der Waals surface area contributed by atoms with Gasteiger partial charge in [-0.15, -0.1) is 0 Å². The minimum Gasteiger partial charge on any atom is -0.493 e. The van der Waals surface area contributed by atoms with Crippen molar-refractivity contribution in [2.75, 3.05) is 13.7 Å².